The summed E-state index contributed by atoms with van der Waals surface area (Å²) < 4.78 is 33.6. The molecule has 1 aromatic heterocycles. The number of allylic oxidation sites excluding steroid dienone is 1. The maximum atomic E-state index is 12.7. The number of phosphoric ester groups is 1. The van der Waals surface area contributed by atoms with Gasteiger partial charge in [0.2, 0.25) is 0 Å². The number of hydrogen-bond acceptors (Lipinski definition) is 6. The van der Waals surface area contributed by atoms with E-state index in [9.17, 15) is 9.36 Å². The monoisotopic (exact) mass is 378 g/mol. The van der Waals surface area contributed by atoms with Crippen LogP contribution in [-0.2, 0) is 18.1 Å². The van der Waals surface area contributed by atoms with Crippen LogP contribution >= 0.6 is 7.82 Å². The fourth-order valence-electron chi connectivity index (χ4n) is 2.24. The highest BCUT2D eigenvalue weighted by Gasteiger charge is 2.28. The van der Waals surface area contributed by atoms with E-state index in [0.29, 0.717) is 17.7 Å². The molecule has 0 aliphatic heterocycles. The first kappa shape index (κ1) is 20.2. The summed E-state index contributed by atoms with van der Waals surface area (Å²) in [6.45, 7) is 3.81. The number of carbonyl (C=O) groups excluding carboxylic acids is 1. The molecule has 1 heterocycles. The summed E-state index contributed by atoms with van der Waals surface area (Å²) in [4.78, 5) is 12.1. The number of Topliss-reactive ketones (excluding diaryl/α,β-unsaturated/α-hetero) is 1. The van der Waals surface area contributed by atoms with Crippen LogP contribution in [0.4, 0.5) is 0 Å². The average Bonchev–Trinajstić information content (AvgIpc) is 3.17. The number of carbonyl (C=O) groups is 1. The van der Waals surface area contributed by atoms with E-state index in [1.54, 1.807) is 26.0 Å². The Bertz CT molecular complexity index is 742. The molecule has 0 N–H and O–H groups in total. The van der Waals surface area contributed by atoms with Gasteiger partial charge < -0.3 is 8.94 Å². The molecule has 7 heteroatoms. The van der Waals surface area contributed by atoms with Crippen molar-refractivity contribution in [1.82, 2.24) is 0 Å². The Hall–Kier alpha value is -2.14. The minimum atomic E-state index is -3.72. The van der Waals surface area contributed by atoms with Crippen molar-refractivity contribution in [2.24, 2.45) is 0 Å². The lowest BCUT2D eigenvalue weighted by molar-refractivity contribution is 0.0983. The minimum absolute atomic E-state index is 0.0415. The lowest BCUT2D eigenvalue weighted by Gasteiger charge is -2.19. The average molecular weight is 378 g/mol. The first-order valence-electron chi connectivity index (χ1n) is 8.47. The Morgan fingerprint density at radius 2 is 1.77 bits per heavy atom. The number of benzene rings is 1. The largest absolute Gasteiger partial charge is 0.530 e. The molecule has 26 heavy (non-hydrogen) atoms. The number of phosphoric acid groups is 1. The molecule has 2 aromatic rings. The number of hydrogen-bond donors (Lipinski definition) is 0. The van der Waals surface area contributed by atoms with Crippen LogP contribution in [-0.4, -0.2) is 19.0 Å². The van der Waals surface area contributed by atoms with Crippen LogP contribution in [0.3, 0.4) is 0 Å². The summed E-state index contributed by atoms with van der Waals surface area (Å²) in [5.41, 5.74) is 1.25. The van der Waals surface area contributed by atoms with E-state index in [2.05, 4.69) is 0 Å². The minimum Gasteiger partial charge on any atom is -0.472 e. The van der Waals surface area contributed by atoms with Crippen molar-refractivity contribution in [2.45, 2.75) is 26.7 Å². The molecule has 0 radical (unpaired) electrons. The number of rotatable bonds is 11. The standard InChI is InChI=1S/C19H23O6P/c1-3-23-26(21,24-4-2)25-19(16-9-6-5-7-10-16)12-8-11-18(20)17-13-14-22-15-17/h5-7,9-10,12-15H,3-4,8,11H2,1-2H3/b19-12-. The number of ketones is 1. The van der Waals surface area contributed by atoms with Crippen molar-refractivity contribution in [3.05, 3.63) is 66.1 Å². The zero-order chi connectivity index (χ0) is 18.8. The van der Waals surface area contributed by atoms with Crippen LogP contribution in [0.5, 0.6) is 0 Å². The van der Waals surface area contributed by atoms with Gasteiger partial charge in [0.25, 0.3) is 0 Å². The van der Waals surface area contributed by atoms with Gasteiger partial charge in [0, 0.05) is 12.0 Å². The topological polar surface area (TPSA) is 75.0 Å². The van der Waals surface area contributed by atoms with Crippen LogP contribution in [0, 0.1) is 0 Å². The molecular weight excluding hydrogens is 355 g/mol. The van der Waals surface area contributed by atoms with Crippen LogP contribution in [0.1, 0.15) is 42.6 Å². The first-order chi connectivity index (χ1) is 12.6. The van der Waals surface area contributed by atoms with Crippen LogP contribution in [0.2, 0.25) is 0 Å². The summed E-state index contributed by atoms with van der Waals surface area (Å²) in [6, 6.07) is 10.8. The van der Waals surface area contributed by atoms with Crippen molar-refractivity contribution in [1.29, 1.82) is 0 Å². The van der Waals surface area contributed by atoms with E-state index >= 15 is 0 Å². The Morgan fingerprint density at radius 1 is 1.08 bits per heavy atom. The highest BCUT2D eigenvalue weighted by atomic mass is 31.2. The van der Waals surface area contributed by atoms with Gasteiger partial charge in [-0.15, -0.1) is 0 Å². The van der Waals surface area contributed by atoms with Gasteiger partial charge in [-0.25, -0.2) is 4.57 Å². The second-order valence-electron chi connectivity index (χ2n) is 5.28. The highest BCUT2D eigenvalue weighted by Crippen LogP contribution is 2.52. The second-order valence-corrected chi connectivity index (χ2v) is 6.88. The Morgan fingerprint density at radius 3 is 2.35 bits per heavy atom. The quantitative estimate of drug-likeness (QED) is 0.293. The van der Waals surface area contributed by atoms with E-state index in [-0.39, 0.29) is 25.4 Å². The highest BCUT2D eigenvalue weighted by molar-refractivity contribution is 7.48. The molecule has 0 aliphatic carbocycles. The fourth-order valence-corrected chi connectivity index (χ4v) is 3.47. The predicted molar refractivity (Wildman–Crippen MR) is 98.6 cm³/mol. The predicted octanol–water partition coefficient (Wildman–Crippen LogP) is 5.48. The van der Waals surface area contributed by atoms with Gasteiger partial charge in [0.1, 0.15) is 12.0 Å². The molecule has 2 rings (SSSR count). The van der Waals surface area contributed by atoms with E-state index in [0.717, 1.165) is 5.56 Å². The molecule has 0 saturated heterocycles. The molecule has 6 nitrogen and oxygen atoms in total. The molecule has 0 fully saturated rings. The van der Waals surface area contributed by atoms with Crippen LogP contribution < -0.4 is 0 Å². The van der Waals surface area contributed by atoms with Crippen molar-refractivity contribution < 1.29 is 27.3 Å². The molecule has 140 valence electrons. The maximum Gasteiger partial charge on any atom is 0.530 e. The fraction of sp³-hybridized carbons (Fsp3) is 0.316. The van der Waals surface area contributed by atoms with Gasteiger partial charge in [0.05, 0.1) is 25.0 Å². The second kappa shape index (κ2) is 10.1. The van der Waals surface area contributed by atoms with Crippen molar-refractivity contribution >= 4 is 19.4 Å². The SMILES string of the molecule is CCOP(=O)(OCC)O/C(=C\CCC(=O)c1ccoc1)c1ccccc1. The lowest BCUT2D eigenvalue weighted by Crippen LogP contribution is -2.01. The van der Waals surface area contributed by atoms with Crippen molar-refractivity contribution in [2.75, 3.05) is 13.2 Å². The zero-order valence-corrected chi connectivity index (χ0v) is 15.8. The van der Waals surface area contributed by atoms with Crippen molar-refractivity contribution in [3.63, 3.8) is 0 Å². The third-order valence-corrected chi connectivity index (χ3v) is 4.96. The van der Waals surface area contributed by atoms with E-state index in [1.807, 2.05) is 30.3 Å². The summed E-state index contributed by atoms with van der Waals surface area (Å²) in [6.07, 6.45) is 5.28. The van der Waals surface area contributed by atoms with Crippen LogP contribution in [0.25, 0.3) is 5.76 Å². The summed E-state index contributed by atoms with van der Waals surface area (Å²) >= 11 is 0. The maximum absolute atomic E-state index is 12.7. The molecule has 0 spiro atoms. The summed E-state index contributed by atoms with van der Waals surface area (Å²) in [5.74, 6) is 0.316. The third kappa shape index (κ3) is 5.99. The molecule has 0 aliphatic rings. The van der Waals surface area contributed by atoms with E-state index in [4.69, 9.17) is 18.0 Å². The summed E-state index contributed by atoms with van der Waals surface area (Å²) in [7, 11) is -3.72. The molecule has 0 saturated carbocycles. The zero-order valence-electron chi connectivity index (χ0n) is 14.9. The van der Waals surface area contributed by atoms with E-state index < -0.39 is 7.82 Å². The Balaban J connectivity index is 2.15. The normalized spacial score (nSPS) is 12.2. The molecule has 1 aromatic carbocycles. The van der Waals surface area contributed by atoms with E-state index in [1.165, 1.54) is 12.5 Å². The summed E-state index contributed by atoms with van der Waals surface area (Å²) in [5, 5.41) is 0. The van der Waals surface area contributed by atoms with Gasteiger partial charge in [-0.05, 0) is 32.4 Å². The smallest absolute Gasteiger partial charge is 0.472 e. The molecule has 0 unspecified atom stereocenters. The third-order valence-electron chi connectivity index (χ3n) is 3.39. The van der Waals surface area contributed by atoms with Gasteiger partial charge in [0.15, 0.2) is 5.78 Å². The van der Waals surface area contributed by atoms with Gasteiger partial charge >= 0.3 is 7.82 Å². The molecular formula is C19H23O6P. The Kier molecular flexibility index (Phi) is 7.85. The van der Waals surface area contributed by atoms with Crippen LogP contribution in [0.15, 0.2) is 59.4 Å². The van der Waals surface area contributed by atoms with Gasteiger partial charge in [-0.1, -0.05) is 30.3 Å². The molecule has 0 bridgehead atoms. The lowest BCUT2D eigenvalue weighted by atomic mass is 10.1. The van der Waals surface area contributed by atoms with Crippen molar-refractivity contribution in [3.8, 4) is 0 Å². The molecule has 0 atom stereocenters. The molecule has 0 amide bonds. The van der Waals surface area contributed by atoms with Gasteiger partial charge in [-0.3, -0.25) is 13.8 Å². The Labute approximate surface area is 153 Å². The number of furan rings is 1. The van der Waals surface area contributed by atoms with Gasteiger partial charge in [-0.2, -0.15) is 0 Å². The first-order valence-corrected chi connectivity index (χ1v) is 9.93.